The minimum atomic E-state index is 0.147. The van der Waals surface area contributed by atoms with E-state index in [0.29, 0.717) is 11.8 Å². The Morgan fingerprint density at radius 2 is 1.02 bits per heavy atom. The normalized spacial score (nSPS) is 14.9. The third kappa shape index (κ3) is 6.18. The molecular formula is C39H30N4O. The van der Waals surface area contributed by atoms with Crippen LogP contribution in [-0.4, -0.2) is 15.9 Å². The van der Waals surface area contributed by atoms with Crippen LogP contribution in [-0.2, 0) is 0 Å². The Morgan fingerprint density at radius 1 is 0.523 bits per heavy atom. The number of aromatic nitrogens is 2. The van der Waals surface area contributed by atoms with Crippen molar-refractivity contribution in [3.63, 3.8) is 0 Å². The van der Waals surface area contributed by atoms with E-state index in [1.165, 1.54) is 11.1 Å². The summed E-state index contributed by atoms with van der Waals surface area (Å²) in [5, 5.41) is 15.6. The Hall–Kier alpha value is -5.81. The van der Waals surface area contributed by atoms with Gasteiger partial charge < -0.3 is 4.42 Å². The molecule has 2 heterocycles. The highest BCUT2D eigenvalue weighted by Gasteiger charge is 2.28. The fourth-order valence-corrected chi connectivity index (χ4v) is 5.27. The van der Waals surface area contributed by atoms with Crippen LogP contribution < -0.4 is 5.01 Å². The number of anilines is 1. The van der Waals surface area contributed by atoms with Crippen molar-refractivity contribution in [2.45, 2.75) is 12.5 Å². The van der Waals surface area contributed by atoms with Crippen molar-refractivity contribution in [3.05, 3.63) is 168 Å². The zero-order valence-electron chi connectivity index (χ0n) is 24.1. The quantitative estimate of drug-likeness (QED) is 0.171. The first-order valence-corrected chi connectivity index (χ1v) is 14.7. The van der Waals surface area contributed by atoms with Crippen molar-refractivity contribution in [1.82, 2.24) is 10.2 Å². The number of hydrogen-bond acceptors (Lipinski definition) is 5. The summed E-state index contributed by atoms with van der Waals surface area (Å²) in [6.07, 6.45) is 9.34. The smallest absolute Gasteiger partial charge is 0.248 e. The van der Waals surface area contributed by atoms with Crippen molar-refractivity contribution >= 4 is 29.6 Å². The van der Waals surface area contributed by atoms with Crippen LogP contribution >= 0.6 is 0 Å². The topological polar surface area (TPSA) is 54.5 Å². The summed E-state index contributed by atoms with van der Waals surface area (Å²) in [5.41, 5.74) is 8.55. The van der Waals surface area contributed by atoms with E-state index in [9.17, 15) is 0 Å². The highest BCUT2D eigenvalue weighted by Crippen LogP contribution is 2.36. The van der Waals surface area contributed by atoms with Crippen molar-refractivity contribution in [3.8, 4) is 22.9 Å². The fourth-order valence-electron chi connectivity index (χ4n) is 5.27. The summed E-state index contributed by atoms with van der Waals surface area (Å²) in [6.45, 7) is 0. The van der Waals surface area contributed by atoms with Crippen molar-refractivity contribution < 1.29 is 4.42 Å². The zero-order chi connectivity index (χ0) is 29.6. The third-order valence-electron chi connectivity index (χ3n) is 7.62. The lowest BCUT2D eigenvalue weighted by molar-refractivity contribution is 0.584. The predicted octanol–water partition coefficient (Wildman–Crippen LogP) is 9.59. The maximum Gasteiger partial charge on any atom is 0.248 e. The van der Waals surface area contributed by atoms with E-state index in [1.807, 2.05) is 48.5 Å². The molecule has 0 spiro atoms. The molecule has 0 amide bonds. The second-order valence-electron chi connectivity index (χ2n) is 10.6. The van der Waals surface area contributed by atoms with Crippen LogP contribution in [0, 0.1) is 0 Å². The summed E-state index contributed by atoms with van der Waals surface area (Å²) in [7, 11) is 0. The van der Waals surface area contributed by atoms with E-state index in [4.69, 9.17) is 9.52 Å². The molecule has 0 bridgehead atoms. The van der Waals surface area contributed by atoms with Crippen molar-refractivity contribution in [2.24, 2.45) is 5.10 Å². The molecule has 44 heavy (non-hydrogen) atoms. The minimum absolute atomic E-state index is 0.147. The van der Waals surface area contributed by atoms with Gasteiger partial charge in [-0.15, -0.1) is 10.2 Å². The first-order valence-electron chi connectivity index (χ1n) is 14.7. The summed E-state index contributed by atoms with van der Waals surface area (Å²) in [5.74, 6) is 1.02. The van der Waals surface area contributed by atoms with Gasteiger partial charge in [0.1, 0.15) is 0 Å². The molecular weight excluding hydrogens is 540 g/mol. The molecule has 1 aliphatic heterocycles. The third-order valence-corrected chi connectivity index (χ3v) is 7.62. The van der Waals surface area contributed by atoms with Crippen LogP contribution in [0.1, 0.15) is 34.7 Å². The number of hydrogen-bond donors (Lipinski definition) is 0. The molecule has 0 N–H and O–H groups in total. The molecule has 0 saturated carbocycles. The van der Waals surface area contributed by atoms with E-state index in [1.54, 1.807) is 0 Å². The van der Waals surface area contributed by atoms with Gasteiger partial charge in [0.25, 0.3) is 0 Å². The van der Waals surface area contributed by atoms with Gasteiger partial charge in [-0.3, -0.25) is 5.01 Å². The van der Waals surface area contributed by atoms with Gasteiger partial charge in [-0.1, -0.05) is 121 Å². The SMILES string of the molecule is C(=Cc1ccccc1)C1=NN(c2ccc(C=Cc3ccc(-c4nnc(-c5ccccc5)o4)cc3)cc2)C(c2ccccc2)C1. The molecule has 1 aliphatic rings. The molecule has 1 aromatic heterocycles. The van der Waals surface area contributed by atoms with Gasteiger partial charge in [0.2, 0.25) is 11.8 Å². The van der Waals surface area contributed by atoms with Crippen molar-refractivity contribution in [2.75, 3.05) is 5.01 Å². The van der Waals surface area contributed by atoms with E-state index in [2.05, 4.69) is 131 Å². The van der Waals surface area contributed by atoms with E-state index < -0.39 is 0 Å². The van der Waals surface area contributed by atoms with E-state index >= 15 is 0 Å². The van der Waals surface area contributed by atoms with Gasteiger partial charge in [-0.05, 0) is 64.7 Å². The summed E-state index contributed by atoms with van der Waals surface area (Å²) < 4.78 is 5.90. The lowest BCUT2D eigenvalue weighted by Gasteiger charge is -2.24. The summed E-state index contributed by atoms with van der Waals surface area (Å²) >= 11 is 0. The van der Waals surface area contributed by atoms with Crippen LogP contribution in [0.25, 0.3) is 41.1 Å². The second kappa shape index (κ2) is 12.6. The standard InChI is InChI=1S/C39H30N4O/c1-4-10-29(11-5-1)20-25-35-28-37(32-12-6-2-7-13-32)43(42-35)36-26-21-31(22-27-36)17-16-30-18-23-34(24-19-30)39-41-40-38(44-39)33-14-8-3-9-15-33/h1-27,37H,28H2. The van der Waals surface area contributed by atoms with Crippen LogP contribution in [0.5, 0.6) is 0 Å². The number of allylic oxidation sites excluding steroid dienone is 1. The minimum Gasteiger partial charge on any atom is -0.416 e. The summed E-state index contributed by atoms with van der Waals surface area (Å²) in [6, 6.07) is 47.6. The van der Waals surface area contributed by atoms with Crippen LogP contribution in [0.3, 0.4) is 0 Å². The molecule has 5 aromatic carbocycles. The highest BCUT2D eigenvalue weighted by molar-refractivity contribution is 6.01. The maximum atomic E-state index is 5.90. The number of nitrogens with zero attached hydrogens (tertiary/aromatic N) is 4. The van der Waals surface area contributed by atoms with Gasteiger partial charge in [0, 0.05) is 17.5 Å². The maximum absolute atomic E-state index is 5.90. The number of rotatable bonds is 8. The molecule has 0 aliphatic carbocycles. The van der Waals surface area contributed by atoms with E-state index in [0.717, 1.165) is 40.1 Å². The highest BCUT2D eigenvalue weighted by atomic mass is 16.4. The molecule has 0 saturated heterocycles. The Morgan fingerprint density at radius 3 is 1.66 bits per heavy atom. The van der Waals surface area contributed by atoms with Crippen LogP contribution in [0.4, 0.5) is 5.69 Å². The predicted molar refractivity (Wildman–Crippen MR) is 180 cm³/mol. The largest absolute Gasteiger partial charge is 0.416 e. The molecule has 5 nitrogen and oxygen atoms in total. The molecule has 5 heteroatoms. The number of benzene rings is 5. The fraction of sp³-hybridized carbons (Fsp3) is 0.0513. The van der Waals surface area contributed by atoms with Gasteiger partial charge >= 0.3 is 0 Å². The lowest BCUT2D eigenvalue weighted by Crippen LogP contribution is -2.18. The van der Waals surface area contributed by atoms with Gasteiger partial charge in [0.15, 0.2) is 0 Å². The first-order chi connectivity index (χ1) is 21.8. The van der Waals surface area contributed by atoms with Crippen LogP contribution in [0.2, 0.25) is 0 Å². The zero-order valence-corrected chi connectivity index (χ0v) is 24.1. The molecule has 6 aromatic rings. The van der Waals surface area contributed by atoms with Gasteiger partial charge in [0.05, 0.1) is 17.4 Å². The average Bonchev–Trinajstić information content (AvgIpc) is 3.77. The van der Waals surface area contributed by atoms with E-state index in [-0.39, 0.29) is 6.04 Å². The Bertz CT molecular complexity index is 1910. The van der Waals surface area contributed by atoms with Gasteiger partial charge in [-0.25, -0.2) is 0 Å². The molecule has 212 valence electrons. The van der Waals surface area contributed by atoms with Gasteiger partial charge in [-0.2, -0.15) is 5.10 Å². The molecule has 1 atom stereocenters. The molecule has 0 radical (unpaired) electrons. The molecule has 7 rings (SSSR count). The lowest BCUT2D eigenvalue weighted by atomic mass is 10.0. The molecule has 1 unspecified atom stereocenters. The first kappa shape index (κ1) is 27.0. The van der Waals surface area contributed by atoms with Crippen LogP contribution in [0.15, 0.2) is 155 Å². The number of hydrazone groups is 1. The Kier molecular flexibility index (Phi) is 7.74. The van der Waals surface area contributed by atoms with Crippen molar-refractivity contribution in [1.29, 1.82) is 0 Å². The molecule has 0 fully saturated rings. The average molecular weight is 571 g/mol. The monoisotopic (exact) mass is 570 g/mol. The second-order valence-corrected chi connectivity index (χ2v) is 10.6. The Balaban J connectivity index is 1.05. The summed E-state index contributed by atoms with van der Waals surface area (Å²) in [4.78, 5) is 0. The Labute approximate surface area is 257 Å².